The van der Waals surface area contributed by atoms with E-state index in [-0.39, 0.29) is 23.3 Å². The molecule has 0 radical (unpaired) electrons. The molecule has 21 heteroatoms. The highest BCUT2D eigenvalue weighted by molar-refractivity contribution is 6.18. The lowest BCUT2D eigenvalue weighted by molar-refractivity contribution is -0.384. The van der Waals surface area contributed by atoms with E-state index < -0.39 is 132 Å². The van der Waals surface area contributed by atoms with Gasteiger partial charge in [0.25, 0.3) is 0 Å². The third kappa shape index (κ3) is 6.64. The molecule has 0 unspecified atom stereocenters. The molecule has 5 rings (SSSR count). The third-order valence-corrected chi connectivity index (χ3v) is 10.7. The van der Waals surface area contributed by atoms with Gasteiger partial charge in [-0.2, -0.15) is 49.7 Å². The van der Waals surface area contributed by atoms with Gasteiger partial charge in [-0.3, -0.25) is 9.59 Å². The first-order chi connectivity index (χ1) is 24.3. The molecule has 296 valence electrons. The van der Waals surface area contributed by atoms with Crippen molar-refractivity contribution in [3.05, 3.63) is 29.3 Å². The lowest BCUT2D eigenvalue weighted by Gasteiger charge is -2.56. The Bertz CT molecular complexity index is 1650. The molecule has 0 aromatic heterocycles. The maximum Gasteiger partial charge on any atom is 0.460 e. The highest BCUT2D eigenvalue weighted by Gasteiger charge is 2.81. The van der Waals surface area contributed by atoms with Gasteiger partial charge in [-0.15, -0.1) is 0 Å². The predicted molar refractivity (Wildman–Crippen MR) is 162 cm³/mol. The van der Waals surface area contributed by atoms with E-state index in [9.17, 15) is 69.5 Å². The molecule has 0 amide bonds. The Kier molecular flexibility index (Phi) is 10.7. The van der Waals surface area contributed by atoms with E-state index in [2.05, 4.69) is 10.2 Å². The van der Waals surface area contributed by atoms with E-state index in [0.29, 0.717) is 0 Å². The first-order valence-electron chi connectivity index (χ1n) is 16.2. The van der Waals surface area contributed by atoms with Crippen molar-refractivity contribution in [2.75, 3.05) is 7.11 Å². The van der Waals surface area contributed by atoms with Crippen molar-refractivity contribution in [2.45, 2.75) is 106 Å². The van der Waals surface area contributed by atoms with Gasteiger partial charge in [0.05, 0.1) is 60.7 Å². The van der Waals surface area contributed by atoms with Crippen molar-refractivity contribution in [1.29, 1.82) is 0 Å². The van der Waals surface area contributed by atoms with Crippen LogP contribution in [0.5, 0.6) is 5.75 Å². The normalized spacial score (nSPS) is 37.3. The number of hydrogen-bond acceptors (Lipinski definition) is 12. The number of halogens is 9. The van der Waals surface area contributed by atoms with E-state index in [0.717, 1.165) is 6.92 Å². The van der Waals surface area contributed by atoms with Crippen LogP contribution in [0.2, 0.25) is 0 Å². The van der Waals surface area contributed by atoms with Crippen LogP contribution in [0.25, 0.3) is 0 Å². The summed E-state index contributed by atoms with van der Waals surface area (Å²) >= 11 is 0. The number of ether oxygens (including phenoxy) is 3. The van der Waals surface area contributed by atoms with Crippen LogP contribution in [-0.4, -0.2) is 123 Å². The summed E-state index contributed by atoms with van der Waals surface area (Å²) < 4.78 is 137. The summed E-state index contributed by atoms with van der Waals surface area (Å²) in [7, 11) is 1.25. The molecule has 53 heavy (non-hydrogen) atoms. The van der Waals surface area contributed by atoms with Crippen LogP contribution in [0.3, 0.4) is 0 Å². The number of nitrogens with zero attached hydrogens (tertiary/aromatic N) is 2. The van der Waals surface area contributed by atoms with Crippen molar-refractivity contribution < 1.29 is 83.7 Å². The molecule has 1 aromatic carbocycles. The molecule has 2 saturated carbocycles. The van der Waals surface area contributed by atoms with Gasteiger partial charge >= 0.3 is 23.9 Å². The Morgan fingerprint density at radius 2 is 1.58 bits per heavy atom. The largest absolute Gasteiger partial charge is 0.496 e. The quantitative estimate of drug-likeness (QED) is 0.149. The Morgan fingerprint density at radius 3 is 2.17 bits per heavy atom. The molecule has 0 spiro atoms. The Morgan fingerprint density at radius 1 is 0.962 bits per heavy atom. The maximum absolute atomic E-state index is 14.1. The van der Waals surface area contributed by atoms with E-state index in [1.165, 1.54) is 32.2 Å². The van der Waals surface area contributed by atoms with Crippen LogP contribution in [-0.2, 0) is 9.47 Å². The summed E-state index contributed by atoms with van der Waals surface area (Å²) in [5.74, 6) is -27.7. The predicted octanol–water partition coefficient (Wildman–Crippen LogP) is 2.92. The highest BCUT2D eigenvalue weighted by Crippen LogP contribution is 2.55. The molecule has 12 atom stereocenters. The summed E-state index contributed by atoms with van der Waals surface area (Å²) in [6.07, 6.45) is -18.2. The zero-order valence-corrected chi connectivity index (χ0v) is 28.0. The smallest absolute Gasteiger partial charge is 0.460 e. The molecule has 3 fully saturated rings. The number of carbonyl (C=O) groups is 2. The van der Waals surface area contributed by atoms with E-state index in [1.54, 1.807) is 0 Å². The minimum atomic E-state index is -7.19. The van der Waals surface area contributed by atoms with Crippen molar-refractivity contribution in [1.82, 2.24) is 0 Å². The molecular weight excluding hydrogens is 741 g/mol. The van der Waals surface area contributed by atoms with Gasteiger partial charge < -0.3 is 40.4 Å². The SMILES string of the molecule is COc1cccc2c1C(=O)[C@H]1[C@@H](O)[C@H]3[C@H](C[C@@](O)(C(C)=NN=CC(F)(F)C(F)(F)C(F)(F)C(F)(F)F)C[C@@H]3O[C@H]3C[C@@H](N)[C@@H](O)[C@H](C)O3)[C@@H](O)[C@H]1C2=O. The van der Waals surface area contributed by atoms with E-state index in [1.807, 2.05) is 0 Å². The first-order valence-corrected chi connectivity index (χ1v) is 16.2. The maximum atomic E-state index is 14.1. The van der Waals surface area contributed by atoms with Crippen LogP contribution in [0, 0.1) is 23.7 Å². The molecule has 1 aliphatic heterocycles. The van der Waals surface area contributed by atoms with Crippen molar-refractivity contribution in [3.8, 4) is 5.75 Å². The number of rotatable bonds is 8. The number of Topliss-reactive ketones (excluding diaryl/α,β-unsaturated/α-hetero) is 2. The molecule has 4 aliphatic rings. The first kappa shape index (κ1) is 41.0. The Labute approximate surface area is 294 Å². The van der Waals surface area contributed by atoms with Crippen LogP contribution >= 0.6 is 0 Å². The molecule has 1 heterocycles. The van der Waals surface area contributed by atoms with E-state index in [4.69, 9.17) is 19.9 Å². The third-order valence-electron chi connectivity index (χ3n) is 10.7. The van der Waals surface area contributed by atoms with Crippen LogP contribution < -0.4 is 10.5 Å². The zero-order chi connectivity index (χ0) is 39.8. The number of aliphatic hydroxyl groups is 4. The fourth-order valence-corrected chi connectivity index (χ4v) is 7.80. The van der Waals surface area contributed by atoms with Gasteiger partial charge in [0.15, 0.2) is 17.9 Å². The van der Waals surface area contributed by atoms with Gasteiger partial charge in [0, 0.05) is 30.4 Å². The number of aliphatic hydroxyl groups excluding tert-OH is 3. The molecule has 1 aromatic rings. The lowest BCUT2D eigenvalue weighted by atomic mass is 9.52. The van der Waals surface area contributed by atoms with Gasteiger partial charge in [0.1, 0.15) is 17.6 Å². The van der Waals surface area contributed by atoms with Gasteiger partial charge in [-0.25, -0.2) is 0 Å². The minimum absolute atomic E-state index is 0.0175. The summed E-state index contributed by atoms with van der Waals surface area (Å²) in [5.41, 5.74) is 2.59. The number of methoxy groups -OCH3 is 1. The van der Waals surface area contributed by atoms with Crippen LogP contribution in [0.4, 0.5) is 39.5 Å². The standard InChI is InChI=1S/C32H36F9N3O9/c1-11-23(45)15(42)7-18(52-11)53-17-9-28(50,12(2)44-43-10-29(33,34)30(35,36)31(37,38)32(39,40)41)8-14-20(17)27(49)22-21(25(14)47)24(46)13-5-4-6-16(51-3)19(13)26(22)48/h4-6,10-11,14-15,17-18,20-23,25,27,45,47,49-50H,7-9,42H2,1-3H3/t11-,14-,15+,17-,18-,20-,21+,22-,23-,25+,27-,28-/m0/s1. The number of alkyl halides is 9. The minimum Gasteiger partial charge on any atom is -0.496 e. The van der Waals surface area contributed by atoms with Crippen molar-refractivity contribution >= 4 is 23.5 Å². The molecule has 0 bridgehead atoms. The average Bonchev–Trinajstić information content (AvgIpc) is 3.06. The molecular formula is C32H36F9N3O9. The average molecular weight is 778 g/mol. The summed E-state index contributed by atoms with van der Waals surface area (Å²) in [6, 6.07) is 3.23. The molecule has 6 N–H and O–H groups in total. The van der Waals surface area contributed by atoms with Crippen molar-refractivity contribution in [2.24, 2.45) is 39.6 Å². The van der Waals surface area contributed by atoms with Crippen LogP contribution in [0.1, 0.15) is 53.8 Å². The number of ketones is 2. The lowest BCUT2D eigenvalue weighted by Crippen LogP contribution is -2.66. The molecule has 1 saturated heterocycles. The summed E-state index contributed by atoms with van der Waals surface area (Å²) in [6.45, 7) is 2.37. The summed E-state index contributed by atoms with van der Waals surface area (Å²) in [5, 5.41) is 51.5. The molecule has 3 aliphatic carbocycles. The fraction of sp³-hybridized carbons (Fsp3) is 0.688. The van der Waals surface area contributed by atoms with Gasteiger partial charge in [-0.1, -0.05) is 12.1 Å². The monoisotopic (exact) mass is 777 g/mol. The van der Waals surface area contributed by atoms with Gasteiger partial charge in [-0.05, 0) is 32.3 Å². The second-order valence-electron chi connectivity index (χ2n) is 13.9. The highest BCUT2D eigenvalue weighted by atomic mass is 19.4. The number of nitrogens with two attached hydrogens (primary N) is 1. The number of benzene rings is 1. The second-order valence-corrected chi connectivity index (χ2v) is 13.9. The zero-order valence-electron chi connectivity index (χ0n) is 28.0. The number of carbonyl (C=O) groups excluding carboxylic acids is 2. The second kappa shape index (κ2) is 13.8. The molecule has 12 nitrogen and oxygen atoms in total. The Balaban J connectivity index is 1.53. The fourth-order valence-electron chi connectivity index (χ4n) is 7.80. The Hall–Kier alpha value is -3.21. The number of hydrogen-bond donors (Lipinski definition) is 5. The summed E-state index contributed by atoms with van der Waals surface area (Å²) in [4.78, 5) is 27.7. The topological polar surface area (TPSA) is 193 Å². The van der Waals surface area contributed by atoms with Gasteiger partial charge in [0.2, 0.25) is 0 Å². The van der Waals surface area contributed by atoms with E-state index >= 15 is 0 Å². The van der Waals surface area contributed by atoms with Crippen LogP contribution in [0.15, 0.2) is 28.4 Å². The number of fused-ring (bicyclic) bond motifs is 3. The van der Waals surface area contributed by atoms with Crippen molar-refractivity contribution in [3.63, 3.8) is 0 Å².